The summed E-state index contributed by atoms with van der Waals surface area (Å²) in [6, 6.07) is 6.39. The van der Waals surface area contributed by atoms with E-state index in [9.17, 15) is 9.59 Å². The molecule has 0 saturated carbocycles. The number of pyridine rings is 2. The Balaban J connectivity index is 1.73. The molecule has 3 heterocycles. The first-order chi connectivity index (χ1) is 11.7. The standard InChI is InChI=1S/C17H19N3O4/c1-23-15-8-13(11-24-14-3-2-5-18-9-14)20(10-15)17(22)12-4-6-19-16(21)7-12/h2-7,9,13,15H,8,10-11H2,1H3,(H,19,21)/t13-,15+/m0/s1. The van der Waals surface area contributed by atoms with E-state index in [0.717, 1.165) is 0 Å². The minimum atomic E-state index is -0.300. The lowest BCUT2D eigenvalue weighted by atomic mass is 10.2. The van der Waals surface area contributed by atoms with Crippen molar-refractivity contribution in [2.75, 3.05) is 20.3 Å². The van der Waals surface area contributed by atoms with Crippen molar-refractivity contribution in [2.24, 2.45) is 0 Å². The summed E-state index contributed by atoms with van der Waals surface area (Å²) in [5.41, 5.74) is 0.0633. The zero-order valence-electron chi connectivity index (χ0n) is 13.3. The van der Waals surface area contributed by atoms with Crippen LogP contribution in [0.4, 0.5) is 0 Å². The van der Waals surface area contributed by atoms with Gasteiger partial charge in [0, 0.05) is 37.7 Å². The van der Waals surface area contributed by atoms with Crippen molar-refractivity contribution in [1.29, 1.82) is 0 Å². The highest BCUT2D eigenvalue weighted by atomic mass is 16.5. The molecule has 0 spiro atoms. The summed E-state index contributed by atoms with van der Waals surface area (Å²) in [4.78, 5) is 32.4. The summed E-state index contributed by atoms with van der Waals surface area (Å²) in [5.74, 6) is 0.461. The number of amides is 1. The number of hydrogen-bond donors (Lipinski definition) is 1. The van der Waals surface area contributed by atoms with E-state index in [1.54, 1.807) is 36.5 Å². The van der Waals surface area contributed by atoms with Gasteiger partial charge in [-0.2, -0.15) is 0 Å². The van der Waals surface area contributed by atoms with Gasteiger partial charge in [0.15, 0.2) is 0 Å². The van der Waals surface area contributed by atoms with Crippen molar-refractivity contribution < 1.29 is 14.3 Å². The van der Waals surface area contributed by atoms with E-state index < -0.39 is 0 Å². The molecular weight excluding hydrogens is 310 g/mol. The Morgan fingerprint density at radius 2 is 2.33 bits per heavy atom. The van der Waals surface area contributed by atoms with E-state index >= 15 is 0 Å². The molecule has 1 N–H and O–H groups in total. The fraction of sp³-hybridized carbons (Fsp3) is 0.353. The second-order valence-electron chi connectivity index (χ2n) is 5.65. The van der Waals surface area contributed by atoms with E-state index in [1.807, 2.05) is 6.07 Å². The second kappa shape index (κ2) is 7.27. The maximum Gasteiger partial charge on any atom is 0.254 e. The highest BCUT2D eigenvalue weighted by Gasteiger charge is 2.36. The van der Waals surface area contributed by atoms with Crippen LogP contribution in [0.15, 0.2) is 47.7 Å². The van der Waals surface area contributed by atoms with E-state index in [2.05, 4.69) is 9.97 Å². The average molecular weight is 329 g/mol. The zero-order chi connectivity index (χ0) is 16.9. The number of H-pyrrole nitrogens is 1. The number of methoxy groups -OCH3 is 1. The van der Waals surface area contributed by atoms with Gasteiger partial charge in [-0.15, -0.1) is 0 Å². The van der Waals surface area contributed by atoms with Crippen LogP contribution >= 0.6 is 0 Å². The van der Waals surface area contributed by atoms with Crippen molar-refractivity contribution in [1.82, 2.24) is 14.9 Å². The van der Waals surface area contributed by atoms with Crippen LogP contribution in [0, 0.1) is 0 Å². The monoisotopic (exact) mass is 329 g/mol. The van der Waals surface area contributed by atoms with Crippen LogP contribution in [0.2, 0.25) is 0 Å². The normalized spacial score (nSPS) is 20.1. The van der Waals surface area contributed by atoms with Gasteiger partial charge in [-0.05, 0) is 24.6 Å². The molecule has 2 atom stereocenters. The number of nitrogens with zero attached hydrogens (tertiary/aromatic N) is 2. The van der Waals surface area contributed by atoms with Crippen LogP contribution in [0.5, 0.6) is 5.75 Å². The molecule has 126 valence electrons. The summed E-state index contributed by atoms with van der Waals surface area (Å²) in [6.07, 6.45) is 5.42. The first-order valence-corrected chi connectivity index (χ1v) is 7.72. The Morgan fingerprint density at radius 3 is 3.04 bits per heavy atom. The van der Waals surface area contributed by atoms with Gasteiger partial charge in [0.1, 0.15) is 12.4 Å². The first kappa shape index (κ1) is 16.2. The molecule has 7 nitrogen and oxygen atoms in total. The van der Waals surface area contributed by atoms with E-state index in [4.69, 9.17) is 9.47 Å². The van der Waals surface area contributed by atoms with Crippen molar-refractivity contribution >= 4 is 5.91 Å². The van der Waals surface area contributed by atoms with Crippen LogP contribution in [0.3, 0.4) is 0 Å². The summed E-state index contributed by atoms with van der Waals surface area (Å²) in [7, 11) is 1.63. The number of likely N-dealkylation sites (tertiary alicyclic amines) is 1. The molecular formula is C17H19N3O4. The smallest absolute Gasteiger partial charge is 0.254 e. The SMILES string of the molecule is CO[C@@H]1C[C@@H](COc2cccnc2)N(C(=O)c2cc[nH]c(=O)c2)C1. The molecule has 7 heteroatoms. The summed E-state index contributed by atoms with van der Waals surface area (Å²) in [5, 5.41) is 0. The van der Waals surface area contributed by atoms with Gasteiger partial charge >= 0.3 is 0 Å². The van der Waals surface area contributed by atoms with E-state index in [-0.39, 0.29) is 23.6 Å². The lowest BCUT2D eigenvalue weighted by molar-refractivity contribution is 0.0657. The van der Waals surface area contributed by atoms with E-state index in [0.29, 0.717) is 30.9 Å². The van der Waals surface area contributed by atoms with Gasteiger partial charge < -0.3 is 19.4 Å². The van der Waals surface area contributed by atoms with Crippen molar-refractivity contribution in [2.45, 2.75) is 18.6 Å². The number of rotatable bonds is 5. The molecule has 24 heavy (non-hydrogen) atoms. The van der Waals surface area contributed by atoms with Crippen molar-refractivity contribution in [3.8, 4) is 5.75 Å². The molecule has 1 fully saturated rings. The van der Waals surface area contributed by atoms with Gasteiger partial charge in [0.2, 0.25) is 5.56 Å². The number of aromatic amines is 1. The van der Waals surface area contributed by atoms with Crippen molar-refractivity contribution in [3.05, 3.63) is 58.8 Å². The molecule has 0 radical (unpaired) electrons. The van der Waals surface area contributed by atoms with Crippen molar-refractivity contribution in [3.63, 3.8) is 0 Å². The van der Waals surface area contributed by atoms with E-state index in [1.165, 1.54) is 12.3 Å². The molecule has 0 unspecified atom stereocenters. The number of carbonyl (C=O) groups excluding carboxylic acids is 1. The van der Waals surface area contributed by atoms with Crippen LogP contribution in [-0.4, -0.2) is 53.2 Å². The Kier molecular flexibility index (Phi) is 4.90. The Hall–Kier alpha value is -2.67. The summed E-state index contributed by atoms with van der Waals surface area (Å²) in [6.45, 7) is 0.823. The minimum Gasteiger partial charge on any atom is -0.490 e. The van der Waals surface area contributed by atoms with Gasteiger partial charge in [-0.3, -0.25) is 14.6 Å². The largest absolute Gasteiger partial charge is 0.490 e. The Bertz CT molecular complexity index is 747. The van der Waals surface area contributed by atoms with Crippen LogP contribution in [0.1, 0.15) is 16.8 Å². The third kappa shape index (κ3) is 3.62. The lowest BCUT2D eigenvalue weighted by Crippen LogP contribution is -2.39. The topological polar surface area (TPSA) is 84.5 Å². The summed E-state index contributed by atoms with van der Waals surface area (Å²) >= 11 is 0. The van der Waals surface area contributed by atoms with Crippen LogP contribution < -0.4 is 10.3 Å². The average Bonchev–Trinajstić information content (AvgIpc) is 3.03. The highest BCUT2D eigenvalue weighted by molar-refractivity contribution is 5.94. The molecule has 1 aliphatic heterocycles. The zero-order valence-corrected chi connectivity index (χ0v) is 13.3. The van der Waals surface area contributed by atoms with Gasteiger partial charge in [0.05, 0.1) is 18.3 Å². The van der Waals surface area contributed by atoms with Gasteiger partial charge in [0.25, 0.3) is 5.91 Å². The third-order valence-electron chi connectivity index (χ3n) is 4.07. The molecule has 0 aromatic carbocycles. The predicted octanol–water partition coefficient (Wildman–Crippen LogP) is 1.08. The fourth-order valence-electron chi connectivity index (χ4n) is 2.82. The second-order valence-corrected chi connectivity index (χ2v) is 5.65. The number of aromatic nitrogens is 2. The molecule has 0 bridgehead atoms. The first-order valence-electron chi connectivity index (χ1n) is 7.72. The quantitative estimate of drug-likeness (QED) is 0.887. The van der Waals surface area contributed by atoms with Gasteiger partial charge in [-0.25, -0.2) is 0 Å². The molecule has 1 aliphatic rings. The molecule has 2 aromatic rings. The number of ether oxygens (including phenoxy) is 2. The lowest BCUT2D eigenvalue weighted by Gasteiger charge is -2.24. The highest BCUT2D eigenvalue weighted by Crippen LogP contribution is 2.23. The maximum atomic E-state index is 12.7. The van der Waals surface area contributed by atoms with Gasteiger partial charge in [-0.1, -0.05) is 0 Å². The Morgan fingerprint density at radius 1 is 1.46 bits per heavy atom. The minimum absolute atomic E-state index is 0.0431. The summed E-state index contributed by atoms with van der Waals surface area (Å²) < 4.78 is 11.1. The molecule has 0 aliphatic carbocycles. The predicted molar refractivity (Wildman–Crippen MR) is 87.0 cm³/mol. The Labute approximate surface area is 139 Å². The number of hydrogen-bond acceptors (Lipinski definition) is 5. The molecule has 3 rings (SSSR count). The number of carbonyl (C=O) groups is 1. The molecule has 1 amide bonds. The fourth-order valence-corrected chi connectivity index (χ4v) is 2.82. The maximum absolute atomic E-state index is 12.7. The molecule has 1 saturated heterocycles. The van der Waals surface area contributed by atoms with Crippen LogP contribution in [0.25, 0.3) is 0 Å². The molecule has 2 aromatic heterocycles. The van der Waals surface area contributed by atoms with Crippen LogP contribution in [-0.2, 0) is 4.74 Å². The number of nitrogens with one attached hydrogen (secondary N) is 1. The third-order valence-corrected chi connectivity index (χ3v) is 4.07.